The zero-order valence-corrected chi connectivity index (χ0v) is 21.5. The van der Waals surface area contributed by atoms with Gasteiger partial charge in [0.25, 0.3) is 0 Å². The number of ether oxygens (including phenoxy) is 2. The molecule has 0 radical (unpaired) electrons. The van der Waals surface area contributed by atoms with Crippen LogP contribution >= 0.6 is 11.8 Å². The minimum Gasteiger partial charge on any atom is -0.461 e. The Morgan fingerprint density at radius 1 is 1.24 bits per heavy atom. The molecule has 0 spiro atoms. The number of halogens is 1. The van der Waals surface area contributed by atoms with Crippen molar-refractivity contribution in [3.8, 4) is 5.75 Å². The molecule has 0 amide bonds. The zero-order valence-electron chi connectivity index (χ0n) is 19.8. The molecule has 2 aromatic rings. The van der Waals surface area contributed by atoms with Gasteiger partial charge in [-0.05, 0) is 43.2 Å². The number of thioether (sulfide) groups is 1. The SMILES string of the molecule is CCCC1(C)CN(c2ccccc2)c2cc(SC)c(O/C=C(\F)C(=O)OCC)cc2S(=O)(=O)C1. The number of carbonyl (C=O) groups excluding carboxylic acids is 1. The third kappa shape index (κ3) is 5.75. The second-order valence-electron chi connectivity index (χ2n) is 8.52. The Labute approximate surface area is 205 Å². The van der Waals surface area contributed by atoms with Crippen molar-refractivity contribution >= 4 is 38.9 Å². The number of anilines is 2. The van der Waals surface area contributed by atoms with Crippen LogP contribution in [0.4, 0.5) is 15.8 Å². The van der Waals surface area contributed by atoms with Crippen molar-refractivity contribution < 1.29 is 27.1 Å². The molecule has 0 fully saturated rings. The monoisotopic (exact) mass is 507 g/mol. The highest BCUT2D eigenvalue weighted by atomic mass is 32.2. The lowest BCUT2D eigenvalue weighted by Gasteiger charge is -2.34. The lowest BCUT2D eigenvalue weighted by atomic mass is 9.87. The lowest BCUT2D eigenvalue weighted by Crippen LogP contribution is -2.35. The summed E-state index contributed by atoms with van der Waals surface area (Å²) in [6.07, 6.45) is 4.07. The molecular formula is C25H30FNO5S2. The van der Waals surface area contributed by atoms with E-state index in [1.165, 1.54) is 17.8 Å². The maximum atomic E-state index is 14.1. The molecule has 184 valence electrons. The van der Waals surface area contributed by atoms with Crippen LogP contribution in [0.1, 0.15) is 33.6 Å². The lowest BCUT2D eigenvalue weighted by molar-refractivity contribution is -0.140. The van der Waals surface area contributed by atoms with Gasteiger partial charge in [0.1, 0.15) is 12.0 Å². The normalized spacial score (nSPS) is 19.8. The van der Waals surface area contributed by atoms with Crippen molar-refractivity contribution in [1.29, 1.82) is 0 Å². The topological polar surface area (TPSA) is 72.9 Å². The Hall–Kier alpha value is -2.52. The first kappa shape index (κ1) is 26.1. The first-order chi connectivity index (χ1) is 16.1. The molecule has 2 aromatic carbocycles. The highest BCUT2D eigenvalue weighted by Crippen LogP contribution is 2.46. The molecule has 0 bridgehead atoms. The standard InChI is InChI=1S/C25H30FNO5S2/c1-5-12-25(3)16-27(18-10-8-7-9-11-18)20-13-22(33-4)21(14-23(20)34(29,30)17-25)32-15-19(26)24(28)31-6-2/h7-11,13-15H,5-6,12,16-17H2,1-4H3/b19-15-. The summed E-state index contributed by atoms with van der Waals surface area (Å²) in [5.41, 5.74) is 0.966. The van der Waals surface area contributed by atoms with E-state index in [4.69, 9.17) is 4.74 Å². The summed E-state index contributed by atoms with van der Waals surface area (Å²) in [6.45, 7) is 6.17. The van der Waals surface area contributed by atoms with Crippen LogP contribution in [0.5, 0.6) is 5.75 Å². The fourth-order valence-corrected chi connectivity index (χ4v) is 6.87. The minimum absolute atomic E-state index is 0.0186. The van der Waals surface area contributed by atoms with Crippen LogP contribution in [0.3, 0.4) is 0 Å². The quantitative estimate of drug-likeness (QED) is 0.191. The summed E-state index contributed by atoms with van der Waals surface area (Å²) in [6, 6.07) is 12.8. The Kier molecular flexibility index (Phi) is 8.30. The Morgan fingerprint density at radius 3 is 2.56 bits per heavy atom. The predicted octanol–water partition coefficient (Wildman–Crippen LogP) is 5.89. The maximum Gasteiger partial charge on any atom is 0.370 e. The van der Waals surface area contributed by atoms with Crippen molar-refractivity contribution in [2.75, 3.05) is 30.1 Å². The first-order valence-electron chi connectivity index (χ1n) is 11.1. The van der Waals surface area contributed by atoms with E-state index in [9.17, 15) is 17.6 Å². The molecule has 0 N–H and O–H groups in total. The van der Waals surface area contributed by atoms with E-state index in [-0.39, 0.29) is 23.0 Å². The average Bonchev–Trinajstić information content (AvgIpc) is 2.89. The smallest absolute Gasteiger partial charge is 0.370 e. The summed E-state index contributed by atoms with van der Waals surface area (Å²) < 4.78 is 51.3. The summed E-state index contributed by atoms with van der Waals surface area (Å²) in [4.78, 5) is 14.3. The van der Waals surface area contributed by atoms with Crippen LogP contribution in [0, 0.1) is 5.41 Å². The Balaban J connectivity index is 2.16. The summed E-state index contributed by atoms with van der Waals surface area (Å²) in [7, 11) is -3.70. The second-order valence-corrected chi connectivity index (χ2v) is 11.3. The molecule has 1 atom stereocenters. The fraction of sp³-hybridized carbons (Fsp3) is 0.400. The number of nitrogens with zero attached hydrogens (tertiary/aromatic N) is 1. The molecule has 1 aliphatic heterocycles. The molecule has 0 aliphatic carbocycles. The van der Waals surface area contributed by atoms with Gasteiger partial charge in [0, 0.05) is 18.3 Å². The van der Waals surface area contributed by atoms with E-state index >= 15 is 0 Å². The molecular weight excluding hydrogens is 477 g/mol. The predicted molar refractivity (Wildman–Crippen MR) is 133 cm³/mol. The highest BCUT2D eigenvalue weighted by molar-refractivity contribution is 7.98. The molecule has 1 heterocycles. The molecule has 9 heteroatoms. The number of sulfone groups is 1. The molecule has 0 aromatic heterocycles. The number of hydrogen-bond acceptors (Lipinski definition) is 7. The highest BCUT2D eigenvalue weighted by Gasteiger charge is 2.40. The van der Waals surface area contributed by atoms with Gasteiger partial charge in [0.2, 0.25) is 5.83 Å². The van der Waals surface area contributed by atoms with Crippen molar-refractivity contribution in [3.05, 3.63) is 54.6 Å². The third-order valence-electron chi connectivity index (χ3n) is 5.63. The number of benzene rings is 2. The van der Waals surface area contributed by atoms with Crippen molar-refractivity contribution in [2.45, 2.75) is 43.4 Å². The maximum absolute atomic E-state index is 14.1. The van der Waals surface area contributed by atoms with Crippen LogP contribution in [0.2, 0.25) is 0 Å². The molecule has 0 saturated heterocycles. The number of carbonyl (C=O) groups is 1. The van der Waals surface area contributed by atoms with Gasteiger partial charge in [-0.25, -0.2) is 13.2 Å². The summed E-state index contributed by atoms with van der Waals surface area (Å²) >= 11 is 1.34. The van der Waals surface area contributed by atoms with Crippen molar-refractivity contribution in [3.63, 3.8) is 0 Å². The molecule has 0 saturated carbocycles. The first-order valence-corrected chi connectivity index (χ1v) is 14.0. The van der Waals surface area contributed by atoms with Crippen molar-refractivity contribution in [2.24, 2.45) is 5.41 Å². The van der Waals surface area contributed by atoms with Gasteiger partial charge in [0.05, 0.1) is 27.8 Å². The molecule has 1 aliphatic rings. The zero-order chi connectivity index (χ0) is 24.9. The third-order valence-corrected chi connectivity index (χ3v) is 8.46. The van der Waals surface area contributed by atoms with E-state index in [0.29, 0.717) is 23.4 Å². The van der Waals surface area contributed by atoms with Crippen LogP contribution in [0.25, 0.3) is 0 Å². The van der Waals surface area contributed by atoms with E-state index < -0.39 is 27.0 Å². The number of esters is 1. The van der Waals surface area contributed by atoms with E-state index in [1.807, 2.05) is 55.3 Å². The van der Waals surface area contributed by atoms with Gasteiger partial charge in [-0.2, -0.15) is 4.39 Å². The van der Waals surface area contributed by atoms with Gasteiger partial charge >= 0.3 is 5.97 Å². The fourth-order valence-electron chi connectivity index (χ4n) is 4.25. The Bertz CT molecular complexity index is 1170. The summed E-state index contributed by atoms with van der Waals surface area (Å²) in [5.74, 6) is -2.20. The van der Waals surface area contributed by atoms with E-state index in [2.05, 4.69) is 4.74 Å². The molecule has 3 rings (SSSR count). The minimum atomic E-state index is -3.70. The van der Waals surface area contributed by atoms with Crippen molar-refractivity contribution in [1.82, 2.24) is 0 Å². The number of rotatable bonds is 8. The van der Waals surface area contributed by atoms with Crippen LogP contribution in [-0.2, 0) is 19.4 Å². The average molecular weight is 508 g/mol. The van der Waals surface area contributed by atoms with Gasteiger partial charge < -0.3 is 14.4 Å². The van der Waals surface area contributed by atoms with E-state index in [1.54, 1.807) is 13.0 Å². The van der Waals surface area contributed by atoms with Gasteiger partial charge in [-0.15, -0.1) is 11.8 Å². The van der Waals surface area contributed by atoms with Crippen LogP contribution in [0.15, 0.2) is 64.3 Å². The van der Waals surface area contributed by atoms with Crippen LogP contribution in [-0.4, -0.2) is 39.5 Å². The number of para-hydroxylation sites is 1. The van der Waals surface area contributed by atoms with Gasteiger partial charge in [-0.3, -0.25) is 0 Å². The largest absolute Gasteiger partial charge is 0.461 e. The van der Waals surface area contributed by atoms with Gasteiger partial charge in [-0.1, -0.05) is 38.5 Å². The molecule has 6 nitrogen and oxygen atoms in total. The second kappa shape index (κ2) is 10.8. The Morgan fingerprint density at radius 2 is 1.94 bits per heavy atom. The van der Waals surface area contributed by atoms with E-state index in [0.717, 1.165) is 18.5 Å². The van der Waals surface area contributed by atoms with Gasteiger partial charge in [0.15, 0.2) is 9.84 Å². The number of hydrogen-bond donors (Lipinski definition) is 0. The molecule has 1 unspecified atom stereocenters. The summed E-state index contributed by atoms with van der Waals surface area (Å²) in [5, 5.41) is 0. The molecule has 34 heavy (non-hydrogen) atoms. The number of fused-ring (bicyclic) bond motifs is 1. The van der Waals surface area contributed by atoms with Crippen LogP contribution < -0.4 is 9.64 Å².